The van der Waals surface area contributed by atoms with E-state index in [4.69, 9.17) is 12.2 Å². The fraction of sp³-hybridized carbons (Fsp3) is 0.0556. The molecule has 1 amide bonds. The highest BCUT2D eigenvalue weighted by molar-refractivity contribution is 7.71. The summed E-state index contributed by atoms with van der Waals surface area (Å²) in [4.78, 5) is 22.0. The first-order valence-electron chi connectivity index (χ1n) is 8.07. The number of nitrogens with zero attached hydrogens (tertiary/aromatic N) is 4. The number of hydrogen-bond acceptors (Lipinski definition) is 6. The van der Waals surface area contributed by atoms with Gasteiger partial charge >= 0.3 is 0 Å². The summed E-state index contributed by atoms with van der Waals surface area (Å²) < 4.78 is 2.06. The number of carbonyl (C=O) groups excluding carboxylic acids is 1. The average molecular weight is 394 g/mol. The van der Waals surface area contributed by atoms with E-state index in [0.29, 0.717) is 22.1 Å². The zero-order valence-electron chi connectivity index (χ0n) is 14.0. The number of anilines is 1. The first-order chi connectivity index (χ1) is 13.2. The van der Waals surface area contributed by atoms with E-state index in [-0.39, 0.29) is 12.5 Å². The van der Waals surface area contributed by atoms with Crippen molar-refractivity contribution in [2.75, 3.05) is 5.32 Å². The Labute approximate surface area is 163 Å². The summed E-state index contributed by atoms with van der Waals surface area (Å²) in [5, 5.41) is 11.7. The van der Waals surface area contributed by atoms with Crippen LogP contribution < -0.4 is 5.32 Å². The SMILES string of the molecule is O=C(Cn1c(-c2cccs2)n[nH]c1=S)Nc1cnc(-c2ccccc2)nc1. The van der Waals surface area contributed by atoms with Crippen LogP contribution in [0.3, 0.4) is 0 Å². The molecular formula is C18H14N6OS2. The topological polar surface area (TPSA) is 88.5 Å². The molecule has 3 heterocycles. The number of carbonyl (C=O) groups is 1. The maximum atomic E-state index is 12.4. The van der Waals surface area contributed by atoms with Gasteiger partial charge in [0.2, 0.25) is 5.91 Å². The molecule has 9 heteroatoms. The van der Waals surface area contributed by atoms with Gasteiger partial charge in [-0.15, -0.1) is 11.3 Å². The number of thiophene rings is 1. The summed E-state index contributed by atoms with van der Waals surface area (Å²) in [5.74, 6) is 1.01. The Morgan fingerprint density at radius 3 is 2.63 bits per heavy atom. The smallest absolute Gasteiger partial charge is 0.244 e. The molecule has 0 spiro atoms. The van der Waals surface area contributed by atoms with Crippen LogP contribution in [0.15, 0.2) is 60.2 Å². The third kappa shape index (κ3) is 3.83. The van der Waals surface area contributed by atoms with E-state index < -0.39 is 0 Å². The third-order valence-electron chi connectivity index (χ3n) is 3.77. The monoisotopic (exact) mass is 394 g/mol. The Morgan fingerprint density at radius 1 is 1.15 bits per heavy atom. The van der Waals surface area contributed by atoms with Gasteiger partial charge in [-0.3, -0.25) is 14.5 Å². The first kappa shape index (κ1) is 17.3. The predicted octanol–water partition coefficient (Wildman–Crippen LogP) is 3.76. The highest BCUT2D eigenvalue weighted by atomic mass is 32.1. The molecule has 4 aromatic rings. The van der Waals surface area contributed by atoms with E-state index in [1.165, 1.54) is 11.3 Å². The maximum absolute atomic E-state index is 12.4. The van der Waals surface area contributed by atoms with Crippen molar-refractivity contribution < 1.29 is 4.79 Å². The molecule has 0 fully saturated rings. The van der Waals surface area contributed by atoms with Crippen LogP contribution in [0, 0.1) is 4.77 Å². The Bertz CT molecular complexity index is 1100. The minimum Gasteiger partial charge on any atom is -0.322 e. The average Bonchev–Trinajstić information content (AvgIpc) is 3.34. The Morgan fingerprint density at radius 2 is 1.93 bits per heavy atom. The van der Waals surface area contributed by atoms with Crippen LogP contribution in [0.4, 0.5) is 5.69 Å². The van der Waals surface area contributed by atoms with Gasteiger partial charge in [-0.2, -0.15) is 5.10 Å². The number of aromatic nitrogens is 5. The number of benzene rings is 1. The summed E-state index contributed by atoms with van der Waals surface area (Å²) in [6.45, 7) is 0.0446. The molecule has 134 valence electrons. The molecule has 27 heavy (non-hydrogen) atoms. The van der Waals surface area contributed by atoms with Crippen molar-refractivity contribution >= 4 is 35.1 Å². The minimum atomic E-state index is -0.235. The van der Waals surface area contributed by atoms with Gasteiger partial charge in [0.05, 0.1) is 23.0 Å². The molecule has 0 atom stereocenters. The molecule has 3 aromatic heterocycles. The number of amides is 1. The van der Waals surface area contributed by atoms with E-state index in [0.717, 1.165) is 10.4 Å². The summed E-state index contributed by atoms with van der Waals surface area (Å²) in [6.07, 6.45) is 3.17. The lowest BCUT2D eigenvalue weighted by atomic mass is 10.2. The van der Waals surface area contributed by atoms with E-state index in [1.54, 1.807) is 17.0 Å². The second-order valence-electron chi connectivity index (χ2n) is 5.63. The Hall–Kier alpha value is -3.17. The van der Waals surface area contributed by atoms with Gasteiger partial charge in [0.1, 0.15) is 6.54 Å². The normalized spacial score (nSPS) is 10.7. The van der Waals surface area contributed by atoms with E-state index in [9.17, 15) is 4.79 Å². The van der Waals surface area contributed by atoms with Crippen LogP contribution in [0.2, 0.25) is 0 Å². The number of nitrogens with one attached hydrogen (secondary N) is 2. The van der Waals surface area contributed by atoms with Crippen LogP contribution in [-0.4, -0.2) is 30.6 Å². The highest BCUT2D eigenvalue weighted by Gasteiger charge is 2.13. The van der Waals surface area contributed by atoms with Gasteiger partial charge in [0.25, 0.3) is 0 Å². The van der Waals surface area contributed by atoms with Gasteiger partial charge in [0.15, 0.2) is 16.4 Å². The zero-order valence-corrected chi connectivity index (χ0v) is 15.6. The fourth-order valence-corrected chi connectivity index (χ4v) is 3.45. The second kappa shape index (κ2) is 7.60. The molecule has 0 saturated carbocycles. The van der Waals surface area contributed by atoms with E-state index in [2.05, 4.69) is 25.5 Å². The molecule has 0 aliphatic heterocycles. The molecule has 0 aliphatic rings. The van der Waals surface area contributed by atoms with Crippen molar-refractivity contribution in [3.63, 3.8) is 0 Å². The molecule has 0 aliphatic carbocycles. The summed E-state index contributed by atoms with van der Waals surface area (Å²) in [5.41, 5.74) is 1.44. The van der Waals surface area contributed by atoms with Gasteiger partial charge in [-0.1, -0.05) is 36.4 Å². The largest absolute Gasteiger partial charge is 0.322 e. The zero-order chi connectivity index (χ0) is 18.6. The second-order valence-corrected chi connectivity index (χ2v) is 6.96. The number of hydrogen-bond donors (Lipinski definition) is 2. The molecule has 7 nitrogen and oxygen atoms in total. The van der Waals surface area contributed by atoms with Gasteiger partial charge < -0.3 is 5.32 Å². The minimum absolute atomic E-state index is 0.0446. The van der Waals surface area contributed by atoms with Crippen molar-refractivity contribution in [2.45, 2.75) is 6.54 Å². The van der Waals surface area contributed by atoms with Gasteiger partial charge in [-0.05, 0) is 23.7 Å². The maximum Gasteiger partial charge on any atom is 0.244 e. The molecule has 1 aromatic carbocycles. The van der Waals surface area contributed by atoms with Crippen LogP contribution in [-0.2, 0) is 11.3 Å². The van der Waals surface area contributed by atoms with Crippen molar-refractivity contribution in [1.82, 2.24) is 24.7 Å². The van der Waals surface area contributed by atoms with Crippen LogP contribution in [0.25, 0.3) is 22.1 Å². The number of rotatable bonds is 5. The Balaban J connectivity index is 1.48. The lowest BCUT2D eigenvalue weighted by Gasteiger charge is -2.07. The molecule has 4 rings (SSSR count). The standard InChI is InChI=1S/C18H14N6OS2/c25-15(11-24-17(22-23-18(24)26)14-7-4-8-27-14)21-13-9-19-16(20-10-13)12-5-2-1-3-6-12/h1-10H,11H2,(H,21,25)(H,23,26). The molecule has 2 N–H and O–H groups in total. The Kier molecular flexibility index (Phi) is 4.86. The number of aromatic amines is 1. The van der Waals surface area contributed by atoms with E-state index in [1.807, 2.05) is 47.8 Å². The van der Waals surface area contributed by atoms with Crippen molar-refractivity contribution in [1.29, 1.82) is 0 Å². The molecule has 0 saturated heterocycles. The van der Waals surface area contributed by atoms with E-state index >= 15 is 0 Å². The summed E-state index contributed by atoms with van der Waals surface area (Å²) in [6, 6.07) is 13.5. The molecular weight excluding hydrogens is 380 g/mol. The fourth-order valence-electron chi connectivity index (χ4n) is 2.53. The number of H-pyrrole nitrogens is 1. The molecule has 0 unspecified atom stereocenters. The van der Waals surface area contributed by atoms with Crippen molar-refractivity contribution in [3.8, 4) is 22.1 Å². The summed E-state index contributed by atoms with van der Waals surface area (Å²) in [7, 11) is 0. The molecule has 0 bridgehead atoms. The van der Waals surface area contributed by atoms with Gasteiger partial charge in [-0.25, -0.2) is 9.97 Å². The van der Waals surface area contributed by atoms with Crippen molar-refractivity contribution in [2.24, 2.45) is 0 Å². The molecule has 0 radical (unpaired) electrons. The first-order valence-corrected chi connectivity index (χ1v) is 9.36. The predicted molar refractivity (Wildman–Crippen MR) is 107 cm³/mol. The van der Waals surface area contributed by atoms with Crippen LogP contribution in [0.5, 0.6) is 0 Å². The quantitative estimate of drug-likeness (QED) is 0.503. The lowest BCUT2D eigenvalue weighted by Crippen LogP contribution is -2.19. The van der Waals surface area contributed by atoms with Crippen LogP contribution in [0.1, 0.15) is 0 Å². The highest BCUT2D eigenvalue weighted by Crippen LogP contribution is 2.22. The lowest BCUT2D eigenvalue weighted by molar-refractivity contribution is -0.116. The summed E-state index contributed by atoms with van der Waals surface area (Å²) >= 11 is 6.78. The van der Waals surface area contributed by atoms with Gasteiger partial charge in [0, 0.05) is 5.56 Å². The van der Waals surface area contributed by atoms with Crippen LogP contribution >= 0.6 is 23.6 Å². The van der Waals surface area contributed by atoms with Crippen molar-refractivity contribution in [3.05, 3.63) is 65.0 Å². The third-order valence-corrected chi connectivity index (χ3v) is 4.95.